The van der Waals surface area contributed by atoms with Crippen LogP contribution >= 0.6 is 7.92 Å². The predicted octanol–water partition coefficient (Wildman–Crippen LogP) is 1.41. The van der Waals surface area contributed by atoms with Crippen molar-refractivity contribution in [2.75, 3.05) is 0 Å². The first-order chi connectivity index (χ1) is 23.7. The molecule has 0 N–H and O–H groups in total. The largest absolute Gasteiger partial charge is 0.242 e. The molecule has 0 amide bonds. The molecule has 3 heterocycles. The van der Waals surface area contributed by atoms with Crippen LogP contribution in [0.1, 0.15) is 11.1 Å². The first-order valence-corrected chi connectivity index (χ1v) is 20.4. The maximum atomic E-state index is 2.61. The zero-order chi connectivity index (χ0) is 32.0. The average molecular weight is 642 g/mol. The second kappa shape index (κ2) is 10.7. The van der Waals surface area contributed by atoms with E-state index in [0.29, 0.717) is 0 Å². The van der Waals surface area contributed by atoms with Gasteiger partial charge in [0.05, 0.1) is 0 Å². The molecule has 7 aromatic carbocycles. The first-order valence-electron chi connectivity index (χ1n) is 17.1. The van der Waals surface area contributed by atoms with Crippen LogP contribution in [0.25, 0.3) is 0 Å². The normalized spacial score (nSPS) is 14.9. The van der Waals surface area contributed by atoms with Crippen LogP contribution < -0.4 is 69.4 Å². The van der Waals surface area contributed by atoms with E-state index in [1.54, 1.807) is 26.3 Å². The Hall–Kier alpha value is -4.68. The van der Waals surface area contributed by atoms with Gasteiger partial charge >= 0.3 is 0 Å². The number of rotatable bonds is 4. The lowest BCUT2D eigenvalue weighted by molar-refractivity contribution is 1.50. The van der Waals surface area contributed by atoms with Crippen molar-refractivity contribution in [3.8, 4) is 0 Å². The van der Waals surface area contributed by atoms with E-state index in [4.69, 9.17) is 0 Å². The van der Waals surface area contributed by atoms with Gasteiger partial charge in [0.2, 0.25) is 13.4 Å². The monoisotopic (exact) mass is 642 g/mol. The quantitative estimate of drug-likeness (QED) is 0.202. The van der Waals surface area contributed by atoms with E-state index in [0.717, 1.165) is 0 Å². The summed E-state index contributed by atoms with van der Waals surface area (Å²) in [5.74, 6) is 0. The topological polar surface area (TPSA) is 0 Å². The van der Waals surface area contributed by atoms with Gasteiger partial charge in [-0.05, 0) is 58.4 Å². The standard InChI is InChI=1S/C44H33B2PSi/c1-30-26-38-43-40(28-30)48(34-20-11-5-12-21-34,35-22-13-6-14-23-35)41-29-31(2)27-39-44(41)47(43)42-36(45(38)32-16-7-3-8-17-32)24-15-25-37(42)46(39)33-18-9-4-10-19-33/h3-29H,1-2H3. The van der Waals surface area contributed by atoms with Crippen LogP contribution in [0.5, 0.6) is 0 Å². The molecule has 4 heteroatoms. The fourth-order valence-electron chi connectivity index (χ4n) is 9.42. The second-order valence-corrected chi connectivity index (χ2v) is 19.5. The number of hydrogen-bond donors (Lipinski definition) is 0. The SMILES string of the molecule is Cc1cc2c3c(c1)[Si](c1ccccc1)(c1ccccc1)c1cc(C)cc4c1P3c1c(cccc1B4c1ccccc1)B2c1ccccc1. The summed E-state index contributed by atoms with van der Waals surface area (Å²) in [4.78, 5) is 0. The second-order valence-electron chi connectivity index (χ2n) is 13.8. The van der Waals surface area contributed by atoms with Gasteiger partial charge in [0.1, 0.15) is 0 Å². The molecule has 0 fully saturated rings. The van der Waals surface area contributed by atoms with Gasteiger partial charge in [0.25, 0.3) is 0 Å². The molecule has 0 saturated carbocycles. The zero-order valence-electron chi connectivity index (χ0n) is 27.2. The Bertz CT molecular complexity index is 2210. The Labute approximate surface area is 286 Å². The number of benzene rings is 7. The molecule has 10 rings (SSSR count). The van der Waals surface area contributed by atoms with Gasteiger partial charge in [-0.2, -0.15) is 0 Å². The van der Waals surface area contributed by atoms with Crippen LogP contribution in [0.15, 0.2) is 164 Å². The van der Waals surface area contributed by atoms with Crippen molar-refractivity contribution >= 4 is 98.9 Å². The Morgan fingerprint density at radius 1 is 0.396 bits per heavy atom. The summed E-state index contributed by atoms with van der Waals surface area (Å²) in [6.45, 7) is 5.04. The maximum absolute atomic E-state index is 2.76. The molecule has 3 aliphatic heterocycles. The van der Waals surface area contributed by atoms with E-state index in [1.165, 1.54) is 54.3 Å². The molecular formula is C44H33B2PSi. The summed E-state index contributed by atoms with van der Waals surface area (Å²) in [7, 11) is -3.53. The summed E-state index contributed by atoms with van der Waals surface area (Å²) in [6.07, 6.45) is 0. The smallest absolute Gasteiger partial charge is 0.0686 e. The fraction of sp³-hybridized carbons (Fsp3) is 0.0455. The summed E-state index contributed by atoms with van der Waals surface area (Å²) < 4.78 is 0. The molecule has 0 saturated heterocycles. The summed E-state index contributed by atoms with van der Waals surface area (Å²) in [5.41, 5.74) is 11.5. The molecule has 0 atom stereocenters. The lowest BCUT2D eigenvalue weighted by atomic mass is 9.33. The Morgan fingerprint density at radius 2 is 0.792 bits per heavy atom. The molecule has 0 aromatic heterocycles. The lowest BCUT2D eigenvalue weighted by Gasteiger charge is -2.51. The third-order valence-corrected chi connectivity index (χ3v) is 19.1. The minimum absolute atomic E-state index is 0.191. The van der Waals surface area contributed by atoms with E-state index in [2.05, 4.69) is 178 Å². The van der Waals surface area contributed by atoms with Gasteiger partial charge in [0.15, 0.2) is 8.07 Å². The highest BCUT2D eigenvalue weighted by Gasteiger charge is 2.56. The molecule has 224 valence electrons. The molecule has 0 bridgehead atoms. The van der Waals surface area contributed by atoms with Crippen molar-refractivity contribution < 1.29 is 0 Å². The van der Waals surface area contributed by atoms with Crippen LogP contribution in [0.4, 0.5) is 0 Å². The van der Waals surface area contributed by atoms with Crippen LogP contribution in [0, 0.1) is 13.8 Å². The number of hydrogen-bond acceptors (Lipinski definition) is 0. The van der Waals surface area contributed by atoms with Crippen molar-refractivity contribution in [1.29, 1.82) is 0 Å². The Morgan fingerprint density at radius 3 is 1.21 bits per heavy atom. The van der Waals surface area contributed by atoms with Crippen LogP contribution in [0.2, 0.25) is 0 Å². The van der Waals surface area contributed by atoms with Gasteiger partial charge in [-0.25, -0.2) is 0 Å². The Balaban J connectivity index is 1.45. The highest BCUT2D eigenvalue weighted by Crippen LogP contribution is 2.38. The van der Waals surface area contributed by atoms with Crippen molar-refractivity contribution in [3.63, 3.8) is 0 Å². The molecular weight excluding hydrogens is 609 g/mol. The van der Waals surface area contributed by atoms with E-state index >= 15 is 0 Å². The fourth-order valence-corrected chi connectivity index (χ4v) is 19.3. The van der Waals surface area contributed by atoms with E-state index < -0.39 is 16.0 Å². The molecule has 3 aliphatic rings. The molecule has 0 nitrogen and oxygen atoms in total. The first kappa shape index (κ1) is 28.3. The van der Waals surface area contributed by atoms with Gasteiger partial charge in [-0.1, -0.05) is 208 Å². The van der Waals surface area contributed by atoms with Crippen LogP contribution in [-0.2, 0) is 0 Å². The summed E-state index contributed by atoms with van der Waals surface area (Å²) in [6, 6.07) is 63.4. The summed E-state index contributed by atoms with van der Waals surface area (Å²) in [5, 5.41) is 11.0. The highest BCUT2D eigenvalue weighted by atomic mass is 31.1. The van der Waals surface area contributed by atoms with Crippen molar-refractivity contribution in [3.05, 3.63) is 175 Å². The molecule has 0 aliphatic carbocycles. The van der Waals surface area contributed by atoms with Crippen LogP contribution in [0.3, 0.4) is 0 Å². The van der Waals surface area contributed by atoms with E-state index in [9.17, 15) is 0 Å². The van der Waals surface area contributed by atoms with Crippen LogP contribution in [-0.4, -0.2) is 21.5 Å². The zero-order valence-corrected chi connectivity index (χ0v) is 29.1. The van der Waals surface area contributed by atoms with E-state index in [1.807, 2.05) is 0 Å². The third-order valence-electron chi connectivity index (χ3n) is 11.1. The van der Waals surface area contributed by atoms with E-state index in [-0.39, 0.29) is 13.4 Å². The van der Waals surface area contributed by atoms with Gasteiger partial charge < -0.3 is 0 Å². The third kappa shape index (κ3) is 3.78. The summed E-state index contributed by atoms with van der Waals surface area (Å²) >= 11 is 0. The molecule has 48 heavy (non-hydrogen) atoms. The molecule has 0 spiro atoms. The molecule has 0 radical (unpaired) electrons. The van der Waals surface area contributed by atoms with Gasteiger partial charge in [-0.3, -0.25) is 0 Å². The molecule has 7 aromatic rings. The Kier molecular flexibility index (Phi) is 6.29. The molecule has 0 unspecified atom stereocenters. The minimum atomic E-state index is -2.76. The van der Waals surface area contributed by atoms with Crippen molar-refractivity contribution in [1.82, 2.24) is 0 Å². The van der Waals surface area contributed by atoms with Gasteiger partial charge in [-0.15, -0.1) is 0 Å². The number of aryl methyl sites for hydroxylation is 2. The predicted molar refractivity (Wildman–Crippen MR) is 214 cm³/mol. The maximum Gasteiger partial charge on any atom is 0.242 e. The lowest BCUT2D eigenvalue weighted by Crippen LogP contribution is -2.88. The average Bonchev–Trinajstić information content (AvgIpc) is 3.13. The minimum Gasteiger partial charge on any atom is -0.0686 e. The van der Waals surface area contributed by atoms with Crippen molar-refractivity contribution in [2.45, 2.75) is 13.8 Å². The highest BCUT2D eigenvalue weighted by molar-refractivity contribution is 7.85. The van der Waals surface area contributed by atoms with Crippen molar-refractivity contribution in [2.24, 2.45) is 0 Å². The van der Waals surface area contributed by atoms with Gasteiger partial charge in [0, 0.05) is 0 Å².